The van der Waals surface area contributed by atoms with Crippen LogP contribution in [0.4, 0.5) is 0 Å². The highest BCUT2D eigenvalue weighted by Gasteiger charge is 2.31. The molecule has 1 heterocycles. The van der Waals surface area contributed by atoms with Crippen molar-refractivity contribution in [3.8, 4) is 11.1 Å². The van der Waals surface area contributed by atoms with Crippen LogP contribution in [0.15, 0.2) is 48.5 Å². The van der Waals surface area contributed by atoms with Gasteiger partial charge in [-0.1, -0.05) is 76.2 Å². The van der Waals surface area contributed by atoms with Gasteiger partial charge in [0.2, 0.25) is 0 Å². The Morgan fingerprint density at radius 3 is 2.37 bits per heavy atom. The molecule has 1 atom stereocenters. The summed E-state index contributed by atoms with van der Waals surface area (Å²) in [6.45, 7) is 10.9. The van der Waals surface area contributed by atoms with Gasteiger partial charge in [0.25, 0.3) is 5.91 Å². The first-order chi connectivity index (χ1) is 14.2. The fraction of sp³-hybridized carbons (Fsp3) is 0.370. The molecule has 1 unspecified atom stereocenters. The summed E-state index contributed by atoms with van der Waals surface area (Å²) in [6, 6.07) is 17.6. The number of aryl methyl sites for hydroxylation is 1. The second kappa shape index (κ2) is 7.46. The van der Waals surface area contributed by atoms with Crippen LogP contribution in [0.25, 0.3) is 11.1 Å². The molecule has 3 heteroatoms. The fourth-order valence-electron chi connectivity index (χ4n) is 5.09. The molecule has 0 saturated carbocycles. The van der Waals surface area contributed by atoms with Crippen LogP contribution in [-0.2, 0) is 18.3 Å². The zero-order valence-corrected chi connectivity index (χ0v) is 18.8. The molecule has 0 fully saturated rings. The highest BCUT2D eigenvalue weighted by atomic mass is 16.1. The van der Waals surface area contributed by atoms with Gasteiger partial charge in [-0.05, 0) is 53.9 Å². The maximum absolute atomic E-state index is 12.6. The molecule has 2 N–H and O–H groups in total. The Kier molecular flexibility index (Phi) is 5.09. The summed E-state index contributed by atoms with van der Waals surface area (Å²) in [5, 5.41) is 0. The van der Waals surface area contributed by atoms with Crippen LogP contribution in [0.2, 0.25) is 0 Å². The Morgan fingerprint density at radius 2 is 1.77 bits per heavy atom. The first kappa shape index (κ1) is 20.5. The van der Waals surface area contributed by atoms with Crippen molar-refractivity contribution in [2.75, 3.05) is 0 Å². The molecule has 3 nitrogen and oxygen atoms in total. The van der Waals surface area contributed by atoms with Crippen LogP contribution in [0, 0.1) is 6.92 Å². The van der Waals surface area contributed by atoms with Crippen molar-refractivity contribution in [1.29, 1.82) is 0 Å². The van der Waals surface area contributed by atoms with Crippen molar-refractivity contribution in [3.05, 3.63) is 82.2 Å². The highest BCUT2D eigenvalue weighted by molar-refractivity contribution is 6.02. The standard InChI is InChI=1S/C27H32N2O/c1-6-22-25(19-11-14-20(15-12-19)27(3,4)5)24(26(28)30)17(2)29(22)23-16-13-18-9-7-8-10-21(18)23/h7-12,14-15,23H,6,13,16H2,1-5H3,(H2,28,30). The summed E-state index contributed by atoms with van der Waals surface area (Å²) in [6.07, 6.45) is 2.98. The van der Waals surface area contributed by atoms with Crippen LogP contribution >= 0.6 is 0 Å². The molecule has 30 heavy (non-hydrogen) atoms. The van der Waals surface area contributed by atoms with Gasteiger partial charge >= 0.3 is 0 Å². The topological polar surface area (TPSA) is 48.0 Å². The predicted octanol–water partition coefficient (Wildman–Crippen LogP) is 5.96. The van der Waals surface area contributed by atoms with Gasteiger partial charge in [0.15, 0.2) is 0 Å². The lowest BCUT2D eigenvalue weighted by Crippen LogP contribution is -2.15. The Balaban J connectivity index is 1.92. The Hall–Kier alpha value is -2.81. The molecule has 0 aliphatic heterocycles. The summed E-state index contributed by atoms with van der Waals surface area (Å²) in [7, 11) is 0. The van der Waals surface area contributed by atoms with Crippen LogP contribution in [-0.4, -0.2) is 10.5 Å². The third-order valence-corrected chi connectivity index (χ3v) is 6.59. The maximum Gasteiger partial charge on any atom is 0.251 e. The van der Waals surface area contributed by atoms with Gasteiger partial charge in [0.05, 0.1) is 11.6 Å². The second-order valence-corrected chi connectivity index (χ2v) is 9.45. The summed E-state index contributed by atoms with van der Waals surface area (Å²) in [5.74, 6) is -0.345. The van der Waals surface area contributed by atoms with Crippen LogP contribution in [0.3, 0.4) is 0 Å². The molecule has 1 aromatic heterocycles. The molecular formula is C27H32N2O. The van der Waals surface area contributed by atoms with E-state index in [-0.39, 0.29) is 17.4 Å². The number of hydrogen-bond acceptors (Lipinski definition) is 1. The molecule has 1 aliphatic rings. The lowest BCUT2D eigenvalue weighted by molar-refractivity contribution is 0.1000. The van der Waals surface area contributed by atoms with Gasteiger partial charge in [0, 0.05) is 17.0 Å². The Labute approximate surface area is 179 Å². The smallest absolute Gasteiger partial charge is 0.251 e. The number of benzene rings is 2. The summed E-state index contributed by atoms with van der Waals surface area (Å²) < 4.78 is 2.39. The van der Waals surface area contributed by atoms with Gasteiger partial charge in [-0.2, -0.15) is 0 Å². The van der Waals surface area contributed by atoms with E-state index in [1.807, 2.05) is 6.92 Å². The van der Waals surface area contributed by atoms with Crippen molar-refractivity contribution in [3.63, 3.8) is 0 Å². The molecule has 1 amide bonds. The first-order valence-electron chi connectivity index (χ1n) is 11.0. The number of carbonyl (C=O) groups is 1. The van der Waals surface area contributed by atoms with Crippen LogP contribution < -0.4 is 5.73 Å². The first-order valence-corrected chi connectivity index (χ1v) is 11.0. The van der Waals surface area contributed by atoms with Gasteiger partial charge in [-0.25, -0.2) is 0 Å². The minimum absolute atomic E-state index is 0.0913. The van der Waals surface area contributed by atoms with E-state index in [9.17, 15) is 4.79 Å². The zero-order chi connectivity index (χ0) is 21.6. The molecule has 0 spiro atoms. The van der Waals surface area contributed by atoms with Crippen molar-refractivity contribution in [1.82, 2.24) is 4.57 Å². The third kappa shape index (κ3) is 3.27. The third-order valence-electron chi connectivity index (χ3n) is 6.59. The van der Waals surface area contributed by atoms with E-state index in [4.69, 9.17) is 5.73 Å². The second-order valence-electron chi connectivity index (χ2n) is 9.45. The summed E-state index contributed by atoms with van der Waals surface area (Å²) in [4.78, 5) is 12.6. The van der Waals surface area contributed by atoms with Crippen molar-refractivity contribution >= 4 is 5.91 Å². The molecule has 0 saturated heterocycles. The molecule has 1 aliphatic carbocycles. The highest BCUT2D eigenvalue weighted by Crippen LogP contribution is 2.42. The van der Waals surface area contributed by atoms with E-state index >= 15 is 0 Å². The number of rotatable bonds is 4. The number of hydrogen-bond donors (Lipinski definition) is 1. The monoisotopic (exact) mass is 400 g/mol. The SMILES string of the molecule is CCc1c(-c2ccc(C(C)(C)C)cc2)c(C(N)=O)c(C)n1C1CCc2ccccc21. The number of amides is 1. The quantitative estimate of drug-likeness (QED) is 0.577. The Morgan fingerprint density at radius 1 is 1.10 bits per heavy atom. The van der Waals surface area contributed by atoms with Gasteiger partial charge in [-0.15, -0.1) is 0 Å². The van der Waals surface area contributed by atoms with E-state index in [1.54, 1.807) is 0 Å². The number of primary amides is 1. The lowest BCUT2D eigenvalue weighted by atomic mass is 9.86. The van der Waals surface area contributed by atoms with Crippen molar-refractivity contribution in [2.45, 2.75) is 65.3 Å². The molecule has 2 aromatic carbocycles. The maximum atomic E-state index is 12.6. The largest absolute Gasteiger partial charge is 0.366 e. The normalized spacial score (nSPS) is 16.0. The van der Waals surface area contributed by atoms with Crippen LogP contribution in [0.1, 0.15) is 78.6 Å². The molecule has 0 bridgehead atoms. The lowest BCUT2D eigenvalue weighted by Gasteiger charge is -2.21. The van der Waals surface area contributed by atoms with Crippen molar-refractivity contribution in [2.24, 2.45) is 5.73 Å². The molecule has 0 radical (unpaired) electrons. The average molecular weight is 401 g/mol. The molecule has 156 valence electrons. The van der Waals surface area contributed by atoms with E-state index in [0.717, 1.165) is 36.1 Å². The molecular weight excluding hydrogens is 368 g/mol. The summed E-state index contributed by atoms with van der Waals surface area (Å²) >= 11 is 0. The van der Waals surface area contributed by atoms with E-state index < -0.39 is 0 Å². The number of nitrogens with two attached hydrogens (primary N) is 1. The van der Waals surface area contributed by atoms with Gasteiger partial charge in [0.1, 0.15) is 0 Å². The number of fused-ring (bicyclic) bond motifs is 1. The number of aromatic nitrogens is 1. The van der Waals surface area contributed by atoms with E-state index in [2.05, 4.69) is 80.8 Å². The zero-order valence-electron chi connectivity index (χ0n) is 18.8. The minimum atomic E-state index is -0.345. The number of carbonyl (C=O) groups excluding carboxylic acids is 1. The Bertz CT molecular complexity index is 1100. The van der Waals surface area contributed by atoms with Crippen LogP contribution in [0.5, 0.6) is 0 Å². The number of nitrogens with zero attached hydrogens (tertiary/aromatic N) is 1. The van der Waals surface area contributed by atoms with Crippen molar-refractivity contribution < 1.29 is 4.79 Å². The minimum Gasteiger partial charge on any atom is -0.366 e. The average Bonchev–Trinajstić information content (AvgIpc) is 3.25. The molecule has 3 aromatic rings. The fourth-order valence-corrected chi connectivity index (χ4v) is 5.09. The molecule has 4 rings (SSSR count). The van der Waals surface area contributed by atoms with E-state index in [1.165, 1.54) is 22.4 Å². The van der Waals surface area contributed by atoms with Gasteiger partial charge < -0.3 is 10.3 Å². The van der Waals surface area contributed by atoms with E-state index in [0.29, 0.717) is 5.56 Å². The summed E-state index contributed by atoms with van der Waals surface area (Å²) in [5.41, 5.74) is 15.0. The van der Waals surface area contributed by atoms with Gasteiger partial charge in [-0.3, -0.25) is 4.79 Å². The predicted molar refractivity (Wildman–Crippen MR) is 124 cm³/mol.